The molecule has 1 fully saturated rings. The first-order valence-electron chi connectivity index (χ1n) is 11.4. The molecule has 6 nitrogen and oxygen atoms in total. The highest BCUT2D eigenvalue weighted by Gasteiger charge is 2.33. The predicted molar refractivity (Wildman–Crippen MR) is 130 cm³/mol. The van der Waals surface area contributed by atoms with E-state index in [4.69, 9.17) is 14.3 Å². The van der Waals surface area contributed by atoms with Gasteiger partial charge >= 0.3 is 5.97 Å². The zero-order valence-electron chi connectivity index (χ0n) is 19.1. The number of hydroxylamine groups is 1. The van der Waals surface area contributed by atoms with Gasteiger partial charge in [-0.3, -0.25) is 15.1 Å². The van der Waals surface area contributed by atoms with E-state index < -0.39 is 5.97 Å². The molecule has 1 aliphatic carbocycles. The molecule has 0 bridgehead atoms. The van der Waals surface area contributed by atoms with Gasteiger partial charge in [-0.05, 0) is 60.1 Å². The molecule has 0 saturated heterocycles. The molecule has 0 aromatic heterocycles. The van der Waals surface area contributed by atoms with E-state index in [1.54, 1.807) is 13.4 Å². The number of aliphatic carboxylic acids is 1. The van der Waals surface area contributed by atoms with Gasteiger partial charge in [0.2, 0.25) is 0 Å². The van der Waals surface area contributed by atoms with E-state index in [1.807, 2.05) is 78.9 Å². The van der Waals surface area contributed by atoms with Crippen LogP contribution in [0.15, 0.2) is 85.1 Å². The molecule has 1 saturated carbocycles. The van der Waals surface area contributed by atoms with Crippen LogP contribution in [0.4, 0.5) is 0 Å². The maximum Gasteiger partial charge on any atom is 0.303 e. The molecule has 1 unspecified atom stereocenters. The van der Waals surface area contributed by atoms with Crippen molar-refractivity contribution in [1.82, 2.24) is 5.48 Å². The standard InChI is InChI=1S/C28H29NO5/c1-32-29-27(23-5-3-2-4-6-23)19-34-24-13-7-20(8-14-24)18-33-25-15-11-22(12-16-25)26(17-28(30)31)21-9-10-21/h2-8,11-16,19,21,26,29H,9-10,17-18H2,1H3,(H,30,31). The topological polar surface area (TPSA) is 77.0 Å². The summed E-state index contributed by atoms with van der Waals surface area (Å²) in [5, 5.41) is 9.20. The molecule has 0 spiro atoms. The molecule has 0 radical (unpaired) electrons. The van der Waals surface area contributed by atoms with Gasteiger partial charge in [0.05, 0.1) is 13.5 Å². The minimum atomic E-state index is -0.744. The molecule has 6 heteroatoms. The zero-order valence-corrected chi connectivity index (χ0v) is 19.1. The Bertz CT molecular complexity index is 1090. The van der Waals surface area contributed by atoms with Crippen LogP contribution in [0.2, 0.25) is 0 Å². The van der Waals surface area contributed by atoms with Crippen LogP contribution < -0.4 is 15.0 Å². The summed E-state index contributed by atoms with van der Waals surface area (Å²) >= 11 is 0. The van der Waals surface area contributed by atoms with E-state index in [2.05, 4.69) is 5.48 Å². The van der Waals surface area contributed by atoms with Crippen LogP contribution >= 0.6 is 0 Å². The van der Waals surface area contributed by atoms with E-state index in [-0.39, 0.29) is 12.3 Å². The zero-order chi connectivity index (χ0) is 23.8. The second-order valence-electron chi connectivity index (χ2n) is 8.37. The Morgan fingerprint density at radius 2 is 1.68 bits per heavy atom. The van der Waals surface area contributed by atoms with Crippen LogP contribution in [-0.2, 0) is 16.2 Å². The van der Waals surface area contributed by atoms with Crippen LogP contribution in [0.5, 0.6) is 11.5 Å². The summed E-state index contributed by atoms with van der Waals surface area (Å²) in [6.45, 7) is 0.428. The van der Waals surface area contributed by atoms with Gasteiger partial charge in [0, 0.05) is 5.56 Å². The van der Waals surface area contributed by atoms with E-state index >= 15 is 0 Å². The van der Waals surface area contributed by atoms with Crippen molar-refractivity contribution in [2.24, 2.45) is 5.92 Å². The lowest BCUT2D eigenvalue weighted by molar-refractivity contribution is -0.137. The van der Waals surface area contributed by atoms with Crippen LogP contribution in [0.1, 0.15) is 41.9 Å². The summed E-state index contributed by atoms with van der Waals surface area (Å²) in [7, 11) is 1.56. The summed E-state index contributed by atoms with van der Waals surface area (Å²) < 4.78 is 11.7. The molecule has 0 aliphatic heterocycles. The molecule has 0 amide bonds. The predicted octanol–water partition coefficient (Wildman–Crippen LogP) is 5.76. The molecule has 176 valence electrons. The third-order valence-corrected chi connectivity index (χ3v) is 5.83. The normalized spacial score (nSPS) is 14.3. The van der Waals surface area contributed by atoms with Crippen LogP contribution in [0.3, 0.4) is 0 Å². The van der Waals surface area contributed by atoms with Crippen molar-refractivity contribution in [2.45, 2.75) is 31.8 Å². The number of carboxylic acid groups (broad SMARTS) is 1. The van der Waals surface area contributed by atoms with Crippen molar-refractivity contribution in [3.63, 3.8) is 0 Å². The minimum absolute atomic E-state index is 0.0923. The number of carbonyl (C=O) groups is 1. The van der Waals surface area contributed by atoms with Crippen molar-refractivity contribution < 1.29 is 24.2 Å². The average Bonchev–Trinajstić information content (AvgIpc) is 3.71. The lowest BCUT2D eigenvalue weighted by Gasteiger charge is -2.15. The summed E-state index contributed by atoms with van der Waals surface area (Å²) in [4.78, 5) is 16.2. The number of ether oxygens (including phenoxy) is 2. The number of rotatable bonds is 12. The Morgan fingerprint density at radius 1 is 1.00 bits per heavy atom. The van der Waals surface area contributed by atoms with E-state index in [9.17, 15) is 9.90 Å². The van der Waals surface area contributed by atoms with Crippen molar-refractivity contribution in [3.8, 4) is 11.5 Å². The molecular weight excluding hydrogens is 430 g/mol. The maximum absolute atomic E-state index is 11.2. The molecule has 4 rings (SSSR count). The third-order valence-electron chi connectivity index (χ3n) is 5.83. The summed E-state index contributed by atoms with van der Waals surface area (Å²) in [6, 6.07) is 25.3. The largest absolute Gasteiger partial charge is 0.489 e. The highest BCUT2D eigenvalue weighted by Crippen LogP contribution is 2.44. The maximum atomic E-state index is 11.2. The van der Waals surface area contributed by atoms with Gasteiger partial charge in [-0.15, -0.1) is 0 Å². The molecule has 0 heterocycles. The van der Waals surface area contributed by atoms with Gasteiger partial charge < -0.3 is 14.6 Å². The SMILES string of the molecule is CONC(=COc1ccc(COc2ccc(C(CC(=O)O)C3CC3)cc2)cc1)c1ccccc1. The molecule has 3 aromatic rings. The number of hydrogen-bond acceptors (Lipinski definition) is 5. The monoisotopic (exact) mass is 459 g/mol. The molecule has 3 aromatic carbocycles. The fourth-order valence-corrected chi connectivity index (χ4v) is 3.89. The fraction of sp³-hybridized carbons (Fsp3) is 0.250. The van der Waals surface area contributed by atoms with Gasteiger partial charge in [-0.2, -0.15) is 0 Å². The van der Waals surface area contributed by atoms with Crippen LogP contribution in [-0.4, -0.2) is 18.2 Å². The highest BCUT2D eigenvalue weighted by molar-refractivity contribution is 5.68. The Labute approximate surface area is 199 Å². The number of benzene rings is 3. The Morgan fingerprint density at radius 3 is 2.29 bits per heavy atom. The highest BCUT2D eigenvalue weighted by atomic mass is 16.6. The number of nitrogens with one attached hydrogen (secondary N) is 1. The second-order valence-corrected chi connectivity index (χ2v) is 8.37. The lowest BCUT2D eigenvalue weighted by Crippen LogP contribution is -2.11. The lowest BCUT2D eigenvalue weighted by atomic mass is 9.91. The Kier molecular flexibility index (Phi) is 7.83. The van der Waals surface area contributed by atoms with Gasteiger partial charge in [0.15, 0.2) is 0 Å². The number of carboxylic acids is 1. The van der Waals surface area contributed by atoms with Crippen LogP contribution in [0.25, 0.3) is 5.70 Å². The first kappa shape index (κ1) is 23.4. The van der Waals surface area contributed by atoms with Gasteiger partial charge in [0.1, 0.15) is 30.1 Å². The van der Waals surface area contributed by atoms with E-state index in [0.29, 0.717) is 24.0 Å². The molecule has 1 atom stereocenters. The quantitative estimate of drug-likeness (QED) is 0.265. The second kappa shape index (κ2) is 11.4. The summed E-state index contributed by atoms with van der Waals surface area (Å²) in [6.07, 6.45) is 4.03. The molecular formula is C28H29NO5. The van der Waals surface area contributed by atoms with Crippen molar-refractivity contribution in [1.29, 1.82) is 0 Å². The minimum Gasteiger partial charge on any atom is -0.489 e. The van der Waals surface area contributed by atoms with Crippen molar-refractivity contribution in [2.75, 3.05) is 7.11 Å². The number of hydrogen-bond donors (Lipinski definition) is 2. The molecule has 2 N–H and O–H groups in total. The fourth-order valence-electron chi connectivity index (χ4n) is 3.89. The average molecular weight is 460 g/mol. The first-order chi connectivity index (χ1) is 16.6. The molecule has 34 heavy (non-hydrogen) atoms. The first-order valence-corrected chi connectivity index (χ1v) is 11.4. The Hall–Kier alpha value is -3.77. The van der Waals surface area contributed by atoms with Gasteiger partial charge in [-0.25, -0.2) is 0 Å². The van der Waals surface area contributed by atoms with Gasteiger partial charge in [-0.1, -0.05) is 54.6 Å². The molecule has 1 aliphatic rings. The van der Waals surface area contributed by atoms with E-state index in [1.165, 1.54) is 0 Å². The Balaban J connectivity index is 1.32. The summed E-state index contributed by atoms with van der Waals surface area (Å²) in [5.74, 6) is 1.30. The smallest absolute Gasteiger partial charge is 0.303 e. The third kappa shape index (κ3) is 6.62. The summed E-state index contributed by atoms with van der Waals surface area (Å²) in [5.41, 5.74) is 6.59. The van der Waals surface area contributed by atoms with Crippen molar-refractivity contribution in [3.05, 3.63) is 102 Å². The van der Waals surface area contributed by atoms with E-state index in [0.717, 1.165) is 35.3 Å². The van der Waals surface area contributed by atoms with Crippen molar-refractivity contribution >= 4 is 11.7 Å². The van der Waals surface area contributed by atoms with Gasteiger partial charge in [0.25, 0.3) is 0 Å². The van der Waals surface area contributed by atoms with Crippen LogP contribution in [0, 0.1) is 5.92 Å².